The van der Waals surface area contributed by atoms with Crippen molar-refractivity contribution in [2.75, 3.05) is 32.1 Å². The van der Waals surface area contributed by atoms with Crippen LogP contribution in [0.2, 0.25) is 0 Å². The van der Waals surface area contributed by atoms with Crippen LogP contribution in [0, 0.1) is 0 Å². The van der Waals surface area contributed by atoms with Crippen LogP contribution in [-0.2, 0) is 11.2 Å². The van der Waals surface area contributed by atoms with Crippen LogP contribution < -0.4 is 5.32 Å². The molecule has 2 heterocycles. The van der Waals surface area contributed by atoms with Crippen LogP contribution in [0.3, 0.4) is 0 Å². The second kappa shape index (κ2) is 5.29. The van der Waals surface area contributed by atoms with E-state index in [9.17, 15) is 0 Å². The Hall–Kier alpha value is -1.06. The summed E-state index contributed by atoms with van der Waals surface area (Å²) in [6.45, 7) is 3.44. The number of nitrogens with one attached hydrogen (secondary N) is 1. The van der Waals surface area contributed by atoms with E-state index in [0.29, 0.717) is 12.1 Å². The molecule has 1 saturated heterocycles. The van der Waals surface area contributed by atoms with Crippen LogP contribution >= 0.6 is 0 Å². The second-order valence-electron chi connectivity index (χ2n) is 5.46. The van der Waals surface area contributed by atoms with Gasteiger partial charge in [0, 0.05) is 31.9 Å². The molecule has 0 aromatic heterocycles. The molecule has 0 spiro atoms. The first-order valence-electron chi connectivity index (χ1n) is 6.95. The number of piperidine rings is 1. The number of nitrogens with zero attached hydrogens (tertiary/aromatic N) is 1. The third kappa shape index (κ3) is 2.52. The standard InChI is InChI=1S/C15H22N2O/c1-18-14-6-4-8-17(11-14)10-13-9-12-5-2-3-7-15(12)16-13/h2-3,5,7,13-14,16H,4,6,8-11H2,1H3. The summed E-state index contributed by atoms with van der Waals surface area (Å²) < 4.78 is 5.49. The smallest absolute Gasteiger partial charge is 0.0698 e. The number of methoxy groups -OCH3 is 1. The van der Waals surface area contributed by atoms with Gasteiger partial charge < -0.3 is 10.1 Å². The minimum absolute atomic E-state index is 0.433. The summed E-state index contributed by atoms with van der Waals surface area (Å²) in [5.41, 5.74) is 2.78. The summed E-state index contributed by atoms with van der Waals surface area (Å²) in [7, 11) is 1.83. The van der Waals surface area contributed by atoms with Crippen molar-refractivity contribution < 1.29 is 4.74 Å². The van der Waals surface area contributed by atoms with Gasteiger partial charge in [0.05, 0.1) is 6.10 Å². The van der Waals surface area contributed by atoms with E-state index in [-0.39, 0.29) is 0 Å². The predicted octanol–water partition coefficient (Wildman–Crippen LogP) is 2.13. The van der Waals surface area contributed by atoms with Crippen molar-refractivity contribution in [3.8, 4) is 0 Å². The maximum absolute atomic E-state index is 5.49. The first kappa shape index (κ1) is 12.0. The first-order valence-corrected chi connectivity index (χ1v) is 6.95. The number of para-hydroxylation sites is 1. The largest absolute Gasteiger partial charge is 0.380 e. The van der Waals surface area contributed by atoms with Crippen LogP contribution in [-0.4, -0.2) is 43.8 Å². The fourth-order valence-electron chi connectivity index (χ4n) is 3.17. The molecule has 0 amide bonds. The highest BCUT2D eigenvalue weighted by atomic mass is 16.5. The van der Waals surface area contributed by atoms with E-state index in [2.05, 4.69) is 34.5 Å². The maximum Gasteiger partial charge on any atom is 0.0698 e. The van der Waals surface area contributed by atoms with E-state index in [1.807, 2.05) is 7.11 Å². The van der Waals surface area contributed by atoms with Crippen molar-refractivity contribution in [3.63, 3.8) is 0 Å². The molecular formula is C15H22N2O. The number of fused-ring (bicyclic) bond motifs is 1. The highest BCUT2D eigenvalue weighted by Gasteiger charge is 2.25. The van der Waals surface area contributed by atoms with E-state index in [4.69, 9.17) is 4.74 Å². The molecule has 1 fully saturated rings. The topological polar surface area (TPSA) is 24.5 Å². The number of likely N-dealkylation sites (tertiary alicyclic amines) is 1. The summed E-state index contributed by atoms with van der Waals surface area (Å²) in [5, 5.41) is 3.63. The lowest BCUT2D eigenvalue weighted by Gasteiger charge is -2.33. The quantitative estimate of drug-likeness (QED) is 0.884. The Morgan fingerprint density at radius 1 is 1.39 bits per heavy atom. The van der Waals surface area contributed by atoms with Gasteiger partial charge in [0.15, 0.2) is 0 Å². The lowest BCUT2D eigenvalue weighted by Crippen LogP contribution is -2.44. The van der Waals surface area contributed by atoms with Crippen LogP contribution in [0.4, 0.5) is 5.69 Å². The molecule has 1 aromatic rings. The molecule has 2 atom stereocenters. The lowest BCUT2D eigenvalue weighted by molar-refractivity contribution is 0.0303. The van der Waals surface area contributed by atoms with Gasteiger partial charge in [-0.3, -0.25) is 4.90 Å². The van der Waals surface area contributed by atoms with E-state index in [0.717, 1.165) is 19.5 Å². The van der Waals surface area contributed by atoms with Gasteiger partial charge in [-0.2, -0.15) is 0 Å². The summed E-state index contributed by atoms with van der Waals surface area (Å²) in [5.74, 6) is 0. The van der Waals surface area contributed by atoms with Crippen LogP contribution in [0.1, 0.15) is 18.4 Å². The summed E-state index contributed by atoms with van der Waals surface area (Å²) >= 11 is 0. The average molecular weight is 246 g/mol. The number of hydrogen-bond donors (Lipinski definition) is 1. The molecule has 2 aliphatic rings. The minimum Gasteiger partial charge on any atom is -0.380 e. The molecule has 0 radical (unpaired) electrons. The normalized spacial score (nSPS) is 27.8. The number of anilines is 1. The Balaban J connectivity index is 1.56. The highest BCUT2D eigenvalue weighted by Crippen LogP contribution is 2.26. The van der Waals surface area contributed by atoms with Gasteiger partial charge in [-0.05, 0) is 37.4 Å². The molecule has 1 N–H and O–H groups in total. The SMILES string of the molecule is COC1CCCN(CC2Cc3ccccc3N2)C1. The molecule has 3 nitrogen and oxygen atoms in total. The molecule has 0 saturated carbocycles. The van der Waals surface area contributed by atoms with Crippen molar-refractivity contribution in [2.24, 2.45) is 0 Å². The van der Waals surface area contributed by atoms with Gasteiger partial charge in [0.2, 0.25) is 0 Å². The van der Waals surface area contributed by atoms with Gasteiger partial charge in [-0.15, -0.1) is 0 Å². The highest BCUT2D eigenvalue weighted by molar-refractivity contribution is 5.56. The number of benzene rings is 1. The minimum atomic E-state index is 0.433. The van der Waals surface area contributed by atoms with Gasteiger partial charge in [-0.1, -0.05) is 18.2 Å². The molecular weight excluding hydrogens is 224 g/mol. The molecule has 0 bridgehead atoms. The van der Waals surface area contributed by atoms with Crippen molar-refractivity contribution in [3.05, 3.63) is 29.8 Å². The molecule has 3 rings (SSSR count). The molecule has 98 valence electrons. The van der Waals surface area contributed by atoms with Gasteiger partial charge in [0.1, 0.15) is 0 Å². The second-order valence-corrected chi connectivity index (χ2v) is 5.46. The van der Waals surface area contributed by atoms with Crippen LogP contribution in [0.5, 0.6) is 0 Å². The predicted molar refractivity (Wildman–Crippen MR) is 74.0 cm³/mol. The Labute approximate surface area is 109 Å². The summed E-state index contributed by atoms with van der Waals surface area (Å²) in [4.78, 5) is 2.54. The van der Waals surface area contributed by atoms with Crippen LogP contribution in [0.15, 0.2) is 24.3 Å². The molecule has 3 heteroatoms. The first-order chi connectivity index (χ1) is 8.85. The van der Waals surface area contributed by atoms with Crippen molar-refractivity contribution in [2.45, 2.75) is 31.4 Å². The number of rotatable bonds is 3. The Morgan fingerprint density at radius 2 is 2.28 bits per heavy atom. The third-order valence-electron chi connectivity index (χ3n) is 4.12. The zero-order valence-corrected chi connectivity index (χ0v) is 11.1. The monoisotopic (exact) mass is 246 g/mol. The fraction of sp³-hybridized carbons (Fsp3) is 0.600. The summed E-state index contributed by atoms with van der Waals surface area (Å²) in [6.07, 6.45) is 4.07. The van der Waals surface area contributed by atoms with E-state index < -0.39 is 0 Å². The molecule has 1 aromatic carbocycles. The Kier molecular flexibility index (Phi) is 3.52. The van der Waals surface area contributed by atoms with Gasteiger partial charge in [-0.25, -0.2) is 0 Å². The zero-order valence-electron chi connectivity index (χ0n) is 11.1. The van der Waals surface area contributed by atoms with Gasteiger partial charge >= 0.3 is 0 Å². The average Bonchev–Trinajstić information content (AvgIpc) is 2.81. The van der Waals surface area contributed by atoms with Crippen LogP contribution in [0.25, 0.3) is 0 Å². The van der Waals surface area contributed by atoms with E-state index >= 15 is 0 Å². The van der Waals surface area contributed by atoms with E-state index in [1.165, 1.54) is 30.6 Å². The molecule has 2 aliphatic heterocycles. The Bertz CT molecular complexity index is 382. The summed E-state index contributed by atoms with van der Waals surface area (Å²) in [6, 6.07) is 9.22. The van der Waals surface area contributed by atoms with Gasteiger partial charge in [0.25, 0.3) is 0 Å². The number of hydrogen-bond acceptors (Lipinski definition) is 3. The van der Waals surface area contributed by atoms with Crippen molar-refractivity contribution in [1.29, 1.82) is 0 Å². The fourth-order valence-corrected chi connectivity index (χ4v) is 3.17. The molecule has 18 heavy (non-hydrogen) atoms. The maximum atomic E-state index is 5.49. The van der Waals surface area contributed by atoms with Crippen molar-refractivity contribution >= 4 is 5.69 Å². The lowest BCUT2D eigenvalue weighted by atomic mass is 10.1. The Morgan fingerprint density at radius 3 is 3.11 bits per heavy atom. The molecule has 0 aliphatic carbocycles. The zero-order chi connectivity index (χ0) is 12.4. The molecule has 2 unspecified atom stereocenters. The number of ether oxygens (including phenoxy) is 1. The van der Waals surface area contributed by atoms with Crippen molar-refractivity contribution in [1.82, 2.24) is 4.90 Å². The third-order valence-corrected chi connectivity index (χ3v) is 4.12. The van der Waals surface area contributed by atoms with E-state index in [1.54, 1.807) is 0 Å².